The van der Waals surface area contributed by atoms with Gasteiger partial charge < -0.3 is 16.2 Å². The Bertz CT molecular complexity index is 480. The first-order chi connectivity index (χ1) is 9.02. The summed E-state index contributed by atoms with van der Waals surface area (Å²) >= 11 is 0. The van der Waals surface area contributed by atoms with E-state index in [1.54, 1.807) is 31.4 Å². The van der Waals surface area contributed by atoms with Crippen LogP contribution in [0.4, 0.5) is 0 Å². The maximum absolute atomic E-state index is 10.8. The van der Waals surface area contributed by atoms with Crippen molar-refractivity contribution in [2.75, 3.05) is 7.11 Å². The Hall–Kier alpha value is -2.56. The minimum atomic E-state index is -0.550. The number of nitrogens with two attached hydrogens (primary N) is 2. The Kier molecular flexibility index (Phi) is 5.35. The van der Waals surface area contributed by atoms with Gasteiger partial charge in [-0.3, -0.25) is 9.59 Å². The number of benzene rings is 1. The number of methoxy groups -OCH3 is 1. The largest absolute Gasteiger partial charge is 0.497 e. The highest BCUT2D eigenvalue weighted by molar-refractivity contribution is 5.87. The van der Waals surface area contributed by atoms with Crippen LogP contribution in [0.5, 0.6) is 5.75 Å². The number of carbonyl (C=O) groups is 2. The molecule has 0 aliphatic heterocycles. The van der Waals surface area contributed by atoms with Crippen LogP contribution in [0.3, 0.4) is 0 Å². The third-order valence-corrected chi connectivity index (χ3v) is 2.44. The summed E-state index contributed by atoms with van der Waals surface area (Å²) in [6.07, 6.45) is 5.70. The highest BCUT2D eigenvalue weighted by atomic mass is 16.5. The summed E-state index contributed by atoms with van der Waals surface area (Å²) in [7, 11) is 1.58. The Morgan fingerprint density at radius 2 is 1.53 bits per heavy atom. The fourth-order valence-corrected chi connectivity index (χ4v) is 1.51. The molecule has 0 saturated heterocycles. The quantitative estimate of drug-likeness (QED) is 0.742. The highest BCUT2D eigenvalue weighted by Gasteiger charge is 2.05. The van der Waals surface area contributed by atoms with Gasteiger partial charge in [0.2, 0.25) is 11.8 Å². The number of carbonyl (C=O) groups excluding carboxylic acids is 2. The second kappa shape index (κ2) is 7.00. The maximum Gasteiger partial charge on any atom is 0.241 e. The zero-order chi connectivity index (χ0) is 14.3. The molecule has 4 N–H and O–H groups in total. The van der Waals surface area contributed by atoms with Gasteiger partial charge in [-0.15, -0.1) is 0 Å². The van der Waals surface area contributed by atoms with Gasteiger partial charge in [-0.05, 0) is 29.8 Å². The van der Waals surface area contributed by atoms with E-state index in [1.165, 1.54) is 12.2 Å². The molecular formula is C14H16N2O3. The topological polar surface area (TPSA) is 95.4 Å². The Labute approximate surface area is 111 Å². The fourth-order valence-electron chi connectivity index (χ4n) is 1.51. The van der Waals surface area contributed by atoms with E-state index in [4.69, 9.17) is 16.2 Å². The van der Waals surface area contributed by atoms with Gasteiger partial charge in [0, 0.05) is 5.92 Å². The van der Waals surface area contributed by atoms with Crippen molar-refractivity contribution in [3.63, 3.8) is 0 Å². The van der Waals surface area contributed by atoms with Crippen molar-refractivity contribution in [2.24, 2.45) is 11.5 Å². The lowest BCUT2D eigenvalue weighted by Gasteiger charge is -2.09. The molecule has 1 atom stereocenters. The summed E-state index contributed by atoms with van der Waals surface area (Å²) in [5.41, 5.74) is 11.0. The van der Waals surface area contributed by atoms with Gasteiger partial charge >= 0.3 is 0 Å². The predicted octanol–water partition coefficient (Wildman–Crippen LogP) is 0.862. The van der Waals surface area contributed by atoms with Gasteiger partial charge in [0.15, 0.2) is 0 Å². The molecule has 5 heteroatoms. The summed E-state index contributed by atoms with van der Waals surface area (Å²) in [6.45, 7) is 0. The molecule has 1 aromatic rings. The van der Waals surface area contributed by atoms with Crippen molar-refractivity contribution in [3.8, 4) is 5.75 Å². The molecule has 0 aromatic heterocycles. The first kappa shape index (κ1) is 14.5. The van der Waals surface area contributed by atoms with Crippen molar-refractivity contribution >= 4 is 11.8 Å². The molecule has 0 radical (unpaired) electrons. The van der Waals surface area contributed by atoms with Crippen LogP contribution in [0.15, 0.2) is 48.6 Å². The highest BCUT2D eigenvalue weighted by Crippen LogP contribution is 2.21. The molecule has 1 unspecified atom stereocenters. The van der Waals surface area contributed by atoms with Crippen molar-refractivity contribution in [1.82, 2.24) is 0 Å². The molecule has 0 aliphatic carbocycles. The summed E-state index contributed by atoms with van der Waals surface area (Å²) in [5.74, 6) is -0.636. The number of ether oxygens (including phenoxy) is 1. The second-order valence-electron chi connectivity index (χ2n) is 3.82. The molecule has 100 valence electrons. The number of hydrogen-bond donors (Lipinski definition) is 2. The third-order valence-electron chi connectivity index (χ3n) is 2.44. The standard InChI is InChI=1S/C14H16N2O3/c1-19-12-6-2-10(3-7-12)11(4-8-13(15)17)5-9-14(16)18/h2-9,11H,1H3,(H2,15,17)(H2,16,18)/b8-4-,9-5+. The smallest absolute Gasteiger partial charge is 0.241 e. The van der Waals surface area contributed by atoms with E-state index in [0.717, 1.165) is 11.3 Å². The number of allylic oxidation sites excluding steroid dienone is 2. The van der Waals surface area contributed by atoms with Crippen molar-refractivity contribution < 1.29 is 14.3 Å². The number of primary amides is 2. The minimum Gasteiger partial charge on any atom is -0.497 e. The van der Waals surface area contributed by atoms with E-state index < -0.39 is 11.8 Å². The molecule has 0 spiro atoms. The first-order valence-electron chi connectivity index (χ1n) is 5.62. The first-order valence-corrected chi connectivity index (χ1v) is 5.62. The molecule has 0 saturated carbocycles. The van der Waals surface area contributed by atoms with Crippen LogP contribution in [0.25, 0.3) is 0 Å². The van der Waals surface area contributed by atoms with Crippen LogP contribution < -0.4 is 16.2 Å². The average Bonchev–Trinajstić information content (AvgIpc) is 2.38. The normalized spacial score (nSPS) is 12.7. The molecule has 0 fully saturated rings. The van der Waals surface area contributed by atoms with E-state index in [2.05, 4.69) is 0 Å². The molecule has 0 aliphatic rings. The number of amides is 2. The van der Waals surface area contributed by atoms with E-state index in [9.17, 15) is 9.59 Å². The minimum absolute atomic E-state index is 0.258. The Morgan fingerprint density at radius 1 is 1.05 bits per heavy atom. The van der Waals surface area contributed by atoms with Crippen LogP contribution in [0.1, 0.15) is 11.5 Å². The van der Waals surface area contributed by atoms with Crippen molar-refractivity contribution in [3.05, 3.63) is 54.1 Å². The van der Waals surface area contributed by atoms with Crippen LogP contribution in [0.2, 0.25) is 0 Å². The lowest BCUT2D eigenvalue weighted by molar-refractivity contribution is -0.114. The lowest BCUT2D eigenvalue weighted by atomic mass is 9.97. The molecule has 0 heterocycles. The molecule has 19 heavy (non-hydrogen) atoms. The van der Waals surface area contributed by atoms with E-state index >= 15 is 0 Å². The van der Waals surface area contributed by atoms with Gasteiger partial charge in [-0.2, -0.15) is 0 Å². The fraction of sp³-hybridized carbons (Fsp3) is 0.143. The molecule has 0 bridgehead atoms. The summed E-state index contributed by atoms with van der Waals surface area (Å²) in [4.78, 5) is 21.5. The van der Waals surface area contributed by atoms with Gasteiger partial charge in [0.25, 0.3) is 0 Å². The van der Waals surface area contributed by atoms with Crippen LogP contribution in [-0.4, -0.2) is 18.9 Å². The molecule has 5 nitrogen and oxygen atoms in total. The summed E-state index contributed by atoms with van der Waals surface area (Å²) in [5, 5.41) is 0. The number of rotatable bonds is 6. The van der Waals surface area contributed by atoms with Crippen LogP contribution in [0, 0.1) is 0 Å². The average molecular weight is 260 g/mol. The van der Waals surface area contributed by atoms with E-state index in [1.807, 2.05) is 12.1 Å². The molecule has 1 aromatic carbocycles. The Balaban J connectivity index is 2.99. The monoisotopic (exact) mass is 260 g/mol. The Morgan fingerprint density at radius 3 is 1.89 bits per heavy atom. The van der Waals surface area contributed by atoms with Crippen LogP contribution in [-0.2, 0) is 9.59 Å². The lowest BCUT2D eigenvalue weighted by Crippen LogP contribution is -2.08. The zero-order valence-corrected chi connectivity index (χ0v) is 10.6. The molecule has 2 amide bonds. The van der Waals surface area contributed by atoms with Crippen molar-refractivity contribution in [2.45, 2.75) is 5.92 Å². The maximum atomic E-state index is 10.8. The van der Waals surface area contributed by atoms with E-state index in [-0.39, 0.29) is 5.92 Å². The van der Waals surface area contributed by atoms with E-state index in [0.29, 0.717) is 0 Å². The number of hydrogen-bond acceptors (Lipinski definition) is 3. The molecular weight excluding hydrogens is 244 g/mol. The second-order valence-corrected chi connectivity index (χ2v) is 3.82. The summed E-state index contributed by atoms with van der Waals surface area (Å²) < 4.78 is 5.06. The van der Waals surface area contributed by atoms with Crippen molar-refractivity contribution in [1.29, 1.82) is 0 Å². The molecule has 1 rings (SSSR count). The SMILES string of the molecule is COc1ccc(C(/C=C\C(N)=O)/C=C/C(N)=O)cc1. The predicted molar refractivity (Wildman–Crippen MR) is 72.4 cm³/mol. The van der Waals surface area contributed by atoms with Gasteiger partial charge in [0.1, 0.15) is 5.75 Å². The third kappa shape index (κ3) is 5.08. The van der Waals surface area contributed by atoms with Gasteiger partial charge in [-0.1, -0.05) is 24.3 Å². The van der Waals surface area contributed by atoms with Gasteiger partial charge in [-0.25, -0.2) is 0 Å². The van der Waals surface area contributed by atoms with Crippen LogP contribution >= 0.6 is 0 Å². The summed E-state index contributed by atoms with van der Waals surface area (Å²) in [6, 6.07) is 7.25. The zero-order valence-electron chi connectivity index (χ0n) is 10.6. The van der Waals surface area contributed by atoms with Gasteiger partial charge in [0.05, 0.1) is 7.11 Å².